The average molecular weight is 412 g/mol. The third kappa shape index (κ3) is 6.91. The summed E-state index contributed by atoms with van der Waals surface area (Å²) in [7, 11) is -1.61. The van der Waals surface area contributed by atoms with Crippen LogP contribution in [0, 0.1) is 5.82 Å². The highest BCUT2D eigenvalue weighted by Crippen LogP contribution is 2.14. The Kier molecular flexibility index (Phi) is 7.50. The Morgan fingerprint density at radius 1 is 1.29 bits per heavy atom. The van der Waals surface area contributed by atoms with Crippen molar-refractivity contribution in [2.24, 2.45) is 4.99 Å². The predicted octanol–water partition coefficient (Wildman–Crippen LogP) is 1.78. The molecule has 0 amide bonds. The lowest BCUT2D eigenvalue weighted by atomic mass is 10.1. The second-order valence-corrected chi connectivity index (χ2v) is 8.93. The molecule has 154 valence electrons. The van der Waals surface area contributed by atoms with Crippen LogP contribution >= 0.6 is 0 Å². The van der Waals surface area contributed by atoms with Gasteiger partial charge in [-0.05, 0) is 23.3 Å². The fourth-order valence-corrected chi connectivity index (χ4v) is 3.32. The summed E-state index contributed by atoms with van der Waals surface area (Å²) in [4.78, 5) is 8.41. The second-order valence-electron chi connectivity index (χ2n) is 6.79. The molecule has 0 atom stereocenters. The highest BCUT2D eigenvalue weighted by molar-refractivity contribution is 7.89. The summed E-state index contributed by atoms with van der Waals surface area (Å²) in [6.45, 7) is 4.73. The zero-order valence-electron chi connectivity index (χ0n) is 16.5. The van der Waals surface area contributed by atoms with Crippen molar-refractivity contribution in [1.29, 1.82) is 0 Å². The Morgan fingerprint density at radius 3 is 2.64 bits per heavy atom. The molecule has 0 saturated carbocycles. The van der Waals surface area contributed by atoms with E-state index in [-0.39, 0.29) is 18.2 Å². The first-order valence-corrected chi connectivity index (χ1v) is 11.0. The molecule has 0 fully saturated rings. The second kappa shape index (κ2) is 9.63. The summed E-state index contributed by atoms with van der Waals surface area (Å²) in [5, 5.41) is 10.1. The number of hydrogen-bond acceptors (Lipinski definition) is 6. The molecule has 1 aromatic heterocycles. The van der Waals surface area contributed by atoms with Gasteiger partial charge in [-0.25, -0.2) is 12.8 Å². The number of hydrogen-bond donors (Lipinski definition) is 2. The van der Waals surface area contributed by atoms with E-state index >= 15 is 0 Å². The number of benzene rings is 1. The largest absolute Gasteiger partial charge is 0.356 e. The molecule has 8 nitrogen and oxygen atoms in total. The molecule has 0 radical (unpaired) electrons. The first-order chi connectivity index (χ1) is 13.2. The van der Waals surface area contributed by atoms with Gasteiger partial charge < -0.3 is 15.2 Å². The van der Waals surface area contributed by atoms with Crippen molar-refractivity contribution in [1.82, 2.24) is 20.8 Å². The quantitative estimate of drug-likeness (QED) is 0.503. The maximum atomic E-state index is 13.6. The molecule has 2 N–H and O–H groups in total. The number of nitrogens with one attached hydrogen (secondary N) is 2. The summed E-state index contributed by atoms with van der Waals surface area (Å²) in [6, 6.07) is 4.07. The zero-order chi connectivity index (χ0) is 20.7. The van der Waals surface area contributed by atoms with Crippen molar-refractivity contribution in [3.8, 4) is 0 Å². The van der Waals surface area contributed by atoms with Crippen LogP contribution in [0.2, 0.25) is 0 Å². The first-order valence-electron chi connectivity index (χ1n) is 8.90. The topological polar surface area (TPSA) is 109 Å². The number of rotatable bonds is 8. The van der Waals surface area contributed by atoms with Crippen LogP contribution in [0.3, 0.4) is 0 Å². The van der Waals surface area contributed by atoms with E-state index in [1.165, 1.54) is 18.2 Å². The van der Waals surface area contributed by atoms with Gasteiger partial charge in [0, 0.05) is 38.7 Å². The Morgan fingerprint density at radius 2 is 2.04 bits per heavy atom. The minimum Gasteiger partial charge on any atom is -0.356 e. The molecule has 1 heterocycles. The molecule has 1 aromatic carbocycles. The van der Waals surface area contributed by atoms with Gasteiger partial charge >= 0.3 is 0 Å². The summed E-state index contributed by atoms with van der Waals surface area (Å²) < 4.78 is 41.9. The van der Waals surface area contributed by atoms with Gasteiger partial charge in [-0.1, -0.05) is 25.1 Å². The highest BCUT2D eigenvalue weighted by atomic mass is 32.2. The van der Waals surface area contributed by atoms with Crippen molar-refractivity contribution in [3.63, 3.8) is 0 Å². The standard InChI is InChI=1S/C18H26FN5O3S/c1-12(2)17-23-16(27-24-17)7-8-21-18(20-3)22-10-14-9-15(19)6-5-13(14)11-28(4,25)26/h5-6,9,12H,7-8,10-11H2,1-4H3,(H2,20,21,22). The maximum absolute atomic E-state index is 13.6. The van der Waals surface area contributed by atoms with Gasteiger partial charge in [0.15, 0.2) is 21.6 Å². The maximum Gasteiger partial charge on any atom is 0.228 e. The normalized spacial score (nSPS) is 12.4. The van der Waals surface area contributed by atoms with Crippen molar-refractivity contribution < 1.29 is 17.3 Å². The van der Waals surface area contributed by atoms with Crippen LogP contribution in [-0.2, 0) is 28.6 Å². The third-order valence-electron chi connectivity index (χ3n) is 3.89. The minimum absolute atomic E-state index is 0.147. The highest BCUT2D eigenvalue weighted by Gasteiger charge is 2.12. The predicted molar refractivity (Wildman–Crippen MR) is 105 cm³/mol. The number of guanidine groups is 1. The van der Waals surface area contributed by atoms with Gasteiger partial charge in [0.2, 0.25) is 5.89 Å². The van der Waals surface area contributed by atoms with Crippen LogP contribution in [0.1, 0.15) is 42.6 Å². The van der Waals surface area contributed by atoms with Crippen LogP contribution in [0.25, 0.3) is 0 Å². The van der Waals surface area contributed by atoms with Gasteiger partial charge in [-0.2, -0.15) is 4.98 Å². The summed E-state index contributed by atoms with van der Waals surface area (Å²) in [5.41, 5.74) is 1.12. The Bertz CT molecular complexity index is 925. The van der Waals surface area contributed by atoms with Crippen LogP contribution in [0.15, 0.2) is 27.7 Å². The summed E-state index contributed by atoms with van der Waals surface area (Å²) in [5.74, 6) is 1.33. The van der Waals surface area contributed by atoms with Crippen molar-refractivity contribution in [2.45, 2.75) is 38.5 Å². The lowest BCUT2D eigenvalue weighted by molar-refractivity contribution is 0.371. The average Bonchev–Trinajstić information content (AvgIpc) is 3.08. The van der Waals surface area contributed by atoms with Crippen LogP contribution in [-0.4, -0.2) is 44.4 Å². The Hall–Kier alpha value is -2.49. The lowest BCUT2D eigenvalue weighted by Gasteiger charge is -2.14. The van der Waals surface area contributed by atoms with Crippen molar-refractivity contribution in [3.05, 3.63) is 46.9 Å². The fourth-order valence-electron chi connectivity index (χ4n) is 2.47. The summed E-state index contributed by atoms with van der Waals surface area (Å²) >= 11 is 0. The molecule has 10 heteroatoms. The SMILES string of the molecule is CN=C(NCCc1nc(C(C)C)no1)NCc1cc(F)ccc1CS(C)(=O)=O. The van der Waals surface area contributed by atoms with Gasteiger partial charge in [-0.3, -0.25) is 4.99 Å². The van der Waals surface area contributed by atoms with E-state index in [1.54, 1.807) is 7.05 Å². The van der Waals surface area contributed by atoms with Gasteiger partial charge in [0.25, 0.3) is 0 Å². The summed E-state index contributed by atoms with van der Waals surface area (Å²) in [6.07, 6.45) is 1.68. The van der Waals surface area contributed by atoms with Crippen molar-refractivity contribution >= 4 is 15.8 Å². The van der Waals surface area contributed by atoms with E-state index in [4.69, 9.17) is 4.52 Å². The number of aliphatic imine (C=N–C) groups is 1. The van der Waals surface area contributed by atoms with Gasteiger partial charge in [-0.15, -0.1) is 0 Å². The number of sulfone groups is 1. The molecule has 2 aromatic rings. The molecule has 0 unspecified atom stereocenters. The lowest BCUT2D eigenvalue weighted by Crippen LogP contribution is -2.38. The number of nitrogens with zero attached hydrogens (tertiary/aromatic N) is 3. The monoisotopic (exact) mass is 411 g/mol. The van der Waals surface area contributed by atoms with E-state index < -0.39 is 15.7 Å². The van der Waals surface area contributed by atoms with Crippen LogP contribution in [0.4, 0.5) is 4.39 Å². The number of halogens is 1. The molecule has 28 heavy (non-hydrogen) atoms. The molecular weight excluding hydrogens is 385 g/mol. The van der Waals surface area contributed by atoms with Crippen molar-refractivity contribution in [2.75, 3.05) is 19.8 Å². The molecule has 0 spiro atoms. The molecule has 0 aliphatic heterocycles. The van der Waals surface area contributed by atoms with Gasteiger partial charge in [0.1, 0.15) is 5.82 Å². The minimum atomic E-state index is -3.23. The van der Waals surface area contributed by atoms with E-state index in [9.17, 15) is 12.8 Å². The smallest absolute Gasteiger partial charge is 0.228 e. The molecule has 0 aliphatic rings. The van der Waals surface area contributed by atoms with E-state index in [1.807, 2.05) is 13.8 Å². The molecular formula is C18H26FN5O3S. The molecule has 0 saturated heterocycles. The van der Waals surface area contributed by atoms with E-state index in [0.717, 1.165) is 6.26 Å². The number of aromatic nitrogens is 2. The Balaban J connectivity index is 1.92. The molecule has 0 bridgehead atoms. The van der Waals surface area contributed by atoms with Crippen LogP contribution < -0.4 is 10.6 Å². The van der Waals surface area contributed by atoms with Crippen LogP contribution in [0.5, 0.6) is 0 Å². The Labute approximate surface area is 164 Å². The van der Waals surface area contributed by atoms with Gasteiger partial charge in [0.05, 0.1) is 5.75 Å². The third-order valence-corrected chi connectivity index (χ3v) is 4.72. The zero-order valence-corrected chi connectivity index (χ0v) is 17.3. The molecule has 0 aliphatic carbocycles. The molecule has 2 rings (SSSR count). The van der Waals surface area contributed by atoms with E-state index in [2.05, 4.69) is 25.8 Å². The first kappa shape index (κ1) is 21.8. The fraction of sp³-hybridized carbons (Fsp3) is 0.500. The van der Waals surface area contributed by atoms with E-state index in [0.29, 0.717) is 41.8 Å².